The summed E-state index contributed by atoms with van der Waals surface area (Å²) in [6.45, 7) is 10.1. The minimum Gasteiger partial charge on any atom is -0.297 e. The lowest BCUT2D eigenvalue weighted by molar-refractivity contribution is 0.167. The second kappa shape index (κ2) is 8.28. The Balaban J connectivity index is 4.56. The van der Waals surface area contributed by atoms with Crippen LogP contribution < -0.4 is 0 Å². The van der Waals surface area contributed by atoms with Gasteiger partial charge < -0.3 is 0 Å². The smallest absolute Gasteiger partial charge is 0.297 e. The lowest BCUT2D eigenvalue weighted by atomic mass is 10.4. The van der Waals surface area contributed by atoms with E-state index in [9.17, 15) is 4.57 Å². The fourth-order valence-corrected chi connectivity index (χ4v) is 3.34. The monoisotopic (exact) mass is 237 g/mol. The molecule has 92 valence electrons. The first-order valence-corrected chi connectivity index (χ1v) is 7.28. The van der Waals surface area contributed by atoms with E-state index in [1.165, 1.54) is 0 Å². The van der Waals surface area contributed by atoms with Gasteiger partial charge in [-0.05, 0) is 26.7 Å². The van der Waals surface area contributed by atoms with Crippen LogP contribution in [0.5, 0.6) is 0 Å². The molecule has 0 N–H and O–H groups in total. The highest BCUT2D eigenvalue weighted by Crippen LogP contribution is 2.51. The normalized spacial score (nSPS) is 12.3. The van der Waals surface area contributed by atoms with Crippen LogP contribution in [-0.2, 0) is 13.6 Å². The van der Waals surface area contributed by atoms with Crippen molar-refractivity contribution in [3.05, 3.63) is 0 Å². The molecular weight excluding hydrogens is 213 g/mol. The van der Waals surface area contributed by atoms with Crippen molar-refractivity contribution in [1.82, 2.24) is 4.67 Å². The van der Waals surface area contributed by atoms with E-state index in [1.807, 2.05) is 18.5 Å². The lowest BCUT2D eigenvalue weighted by Crippen LogP contribution is -2.25. The predicted molar refractivity (Wildman–Crippen MR) is 63.0 cm³/mol. The van der Waals surface area contributed by atoms with Crippen molar-refractivity contribution in [2.45, 2.75) is 40.5 Å². The summed E-state index contributed by atoms with van der Waals surface area (Å²) < 4.78 is 24.8. The molecule has 0 saturated heterocycles. The fourth-order valence-electron chi connectivity index (χ4n) is 1.40. The van der Waals surface area contributed by atoms with E-state index < -0.39 is 7.75 Å². The van der Waals surface area contributed by atoms with Crippen LogP contribution in [0.3, 0.4) is 0 Å². The topological polar surface area (TPSA) is 38.8 Å². The highest BCUT2D eigenvalue weighted by molar-refractivity contribution is 7.51. The molecule has 0 radical (unpaired) electrons. The van der Waals surface area contributed by atoms with Gasteiger partial charge in [0.25, 0.3) is 0 Å². The molecule has 0 fully saturated rings. The highest BCUT2D eigenvalue weighted by Gasteiger charge is 2.31. The van der Waals surface area contributed by atoms with Crippen molar-refractivity contribution >= 4 is 7.75 Å². The Kier molecular flexibility index (Phi) is 8.34. The third-order valence-electron chi connectivity index (χ3n) is 1.89. The average molecular weight is 237 g/mol. The van der Waals surface area contributed by atoms with Gasteiger partial charge >= 0.3 is 7.75 Å². The van der Waals surface area contributed by atoms with Crippen LogP contribution in [0, 0.1) is 0 Å². The van der Waals surface area contributed by atoms with Gasteiger partial charge in [0.2, 0.25) is 0 Å². The van der Waals surface area contributed by atoms with E-state index in [0.717, 1.165) is 25.9 Å². The van der Waals surface area contributed by atoms with Crippen LogP contribution in [-0.4, -0.2) is 31.0 Å². The quantitative estimate of drug-likeness (QED) is 0.577. The predicted octanol–water partition coefficient (Wildman–Crippen LogP) is 3.29. The zero-order chi connectivity index (χ0) is 11.7. The molecule has 0 aromatic rings. The summed E-state index contributed by atoms with van der Waals surface area (Å²) in [5.41, 5.74) is 0. The molecule has 0 aliphatic rings. The Hall–Kier alpha value is 0.110. The van der Waals surface area contributed by atoms with Crippen molar-refractivity contribution < 1.29 is 13.6 Å². The summed E-state index contributed by atoms with van der Waals surface area (Å²) in [4.78, 5) is 0. The first-order valence-electron chi connectivity index (χ1n) is 5.79. The molecule has 0 amide bonds. The van der Waals surface area contributed by atoms with Gasteiger partial charge in [-0.3, -0.25) is 9.05 Å². The van der Waals surface area contributed by atoms with Crippen molar-refractivity contribution in [2.24, 2.45) is 0 Å². The van der Waals surface area contributed by atoms with Crippen LogP contribution in [0.2, 0.25) is 0 Å². The maximum absolute atomic E-state index is 12.4. The summed E-state index contributed by atoms with van der Waals surface area (Å²) in [5.74, 6) is 0. The van der Waals surface area contributed by atoms with E-state index in [2.05, 4.69) is 13.8 Å². The number of nitrogens with zero attached hydrogens (tertiary/aromatic N) is 1. The summed E-state index contributed by atoms with van der Waals surface area (Å²) in [6.07, 6.45) is 1.90. The van der Waals surface area contributed by atoms with Crippen molar-refractivity contribution in [3.63, 3.8) is 0 Å². The second-order valence-electron chi connectivity index (χ2n) is 3.26. The zero-order valence-corrected chi connectivity index (χ0v) is 11.3. The van der Waals surface area contributed by atoms with Crippen molar-refractivity contribution in [2.75, 3.05) is 26.3 Å². The van der Waals surface area contributed by atoms with Gasteiger partial charge in [-0.25, -0.2) is 9.24 Å². The Bertz CT molecular complexity index is 183. The van der Waals surface area contributed by atoms with E-state index in [-0.39, 0.29) is 0 Å². The molecule has 0 saturated carbocycles. The first-order chi connectivity index (χ1) is 7.14. The fraction of sp³-hybridized carbons (Fsp3) is 1.00. The molecule has 0 rings (SSSR count). The summed E-state index contributed by atoms with van der Waals surface area (Å²) in [5, 5.41) is 0. The van der Waals surface area contributed by atoms with Gasteiger partial charge in [0.1, 0.15) is 0 Å². The molecule has 0 atom stereocenters. The van der Waals surface area contributed by atoms with Crippen LogP contribution in [0.4, 0.5) is 0 Å². The molecule has 0 aliphatic carbocycles. The summed E-state index contributed by atoms with van der Waals surface area (Å²) in [7, 11) is -3.03. The first kappa shape index (κ1) is 15.1. The van der Waals surface area contributed by atoms with Crippen LogP contribution in [0.15, 0.2) is 0 Å². The van der Waals surface area contributed by atoms with Gasteiger partial charge in [0.05, 0.1) is 13.2 Å². The standard InChI is InChI=1S/C10H24NO3P/c1-5-9-11(10-6-2)15(12,13-7-3)14-8-4/h5-10H2,1-4H3. The number of rotatable bonds is 9. The van der Waals surface area contributed by atoms with Crippen LogP contribution in [0.1, 0.15) is 40.5 Å². The molecule has 0 aromatic heterocycles. The van der Waals surface area contributed by atoms with E-state index >= 15 is 0 Å². The van der Waals surface area contributed by atoms with Crippen LogP contribution >= 0.6 is 7.75 Å². The molecule has 0 heterocycles. The van der Waals surface area contributed by atoms with Gasteiger partial charge in [-0.2, -0.15) is 0 Å². The molecule has 0 bridgehead atoms. The maximum atomic E-state index is 12.4. The Labute approximate surface area is 93.5 Å². The molecule has 0 spiro atoms. The maximum Gasteiger partial charge on any atom is 0.408 e. The lowest BCUT2D eigenvalue weighted by Gasteiger charge is -2.28. The zero-order valence-electron chi connectivity index (χ0n) is 10.4. The van der Waals surface area contributed by atoms with Crippen LogP contribution in [0.25, 0.3) is 0 Å². The molecule has 15 heavy (non-hydrogen) atoms. The van der Waals surface area contributed by atoms with Gasteiger partial charge in [-0.15, -0.1) is 0 Å². The molecular formula is C10H24NO3P. The van der Waals surface area contributed by atoms with Gasteiger partial charge in [0, 0.05) is 13.1 Å². The Morgan fingerprint density at radius 2 is 1.33 bits per heavy atom. The third-order valence-corrected chi connectivity index (χ3v) is 4.16. The van der Waals surface area contributed by atoms with Crippen molar-refractivity contribution in [1.29, 1.82) is 0 Å². The molecule has 0 unspecified atom stereocenters. The van der Waals surface area contributed by atoms with E-state index in [1.54, 1.807) is 0 Å². The molecule has 0 aromatic carbocycles. The second-order valence-corrected chi connectivity index (χ2v) is 5.28. The minimum atomic E-state index is -3.03. The molecule has 0 aliphatic heterocycles. The molecule has 4 nitrogen and oxygen atoms in total. The number of hydrogen-bond acceptors (Lipinski definition) is 3. The summed E-state index contributed by atoms with van der Waals surface area (Å²) in [6, 6.07) is 0. The minimum absolute atomic E-state index is 0.418. The SMILES string of the molecule is CCCN(CCC)P(=O)(OCC)OCC. The number of hydrogen-bond donors (Lipinski definition) is 0. The van der Waals surface area contributed by atoms with Crippen molar-refractivity contribution in [3.8, 4) is 0 Å². The molecule has 5 heteroatoms. The third kappa shape index (κ3) is 5.12. The Morgan fingerprint density at radius 1 is 0.933 bits per heavy atom. The average Bonchev–Trinajstić information content (AvgIpc) is 2.18. The van der Waals surface area contributed by atoms with E-state index in [0.29, 0.717) is 13.2 Å². The largest absolute Gasteiger partial charge is 0.408 e. The van der Waals surface area contributed by atoms with Gasteiger partial charge in [0.15, 0.2) is 0 Å². The summed E-state index contributed by atoms with van der Waals surface area (Å²) >= 11 is 0. The van der Waals surface area contributed by atoms with Gasteiger partial charge in [-0.1, -0.05) is 13.8 Å². The highest BCUT2D eigenvalue weighted by atomic mass is 31.2. The Morgan fingerprint density at radius 3 is 1.60 bits per heavy atom. The van der Waals surface area contributed by atoms with E-state index in [4.69, 9.17) is 9.05 Å².